The summed E-state index contributed by atoms with van der Waals surface area (Å²) < 4.78 is 7.62. The lowest BCUT2D eigenvalue weighted by atomic mass is 10.1. The molecule has 116 valence electrons. The molecule has 0 saturated carbocycles. The van der Waals surface area contributed by atoms with Gasteiger partial charge in [0.05, 0.1) is 6.61 Å². The first-order chi connectivity index (χ1) is 11.3. The van der Waals surface area contributed by atoms with Crippen molar-refractivity contribution in [2.45, 2.75) is 13.1 Å². The van der Waals surface area contributed by atoms with Crippen LogP contribution in [0.3, 0.4) is 0 Å². The van der Waals surface area contributed by atoms with Crippen LogP contribution in [0, 0.1) is 0 Å². The number of nitrogens with two attached hydrogens (primary N) is 1. The number of hydrogen-bond donors (Lipinski definition) is 3. The Hall–Kier alpha value is -3.02. The molecule has 6 nitrogen and oxygen atoms in total. The molecule has 1 aliphatic rings. The Balaban J connectivity index is 1.83. The van der Waals surface area contributed by atoms with Gasteiger partial charge in [-0.15, -0.1) is 0 Å². The number of nitrogens with zero attached hydrogens (tertiary/aromatic N) is 2. The summed E-state index contributed by atoms with van der Waals surface area (Å²) in [5, 5.41) is 3.09. The summed E-state index contributed by atoms with van der Waals surface area (Å²) in [6, 6.07) is 16.1. The van der Waals surface area contributed by atoms with Gasteiger partial charge in [-0.25, -0.2) is 14.9 Å². The first-order valence-corrected chi connectivity index (χ1v) is 7.61. The van der Waals surface area contributed by atoms with Gasteiger partial charge in [-0.3, -0.25) is 0 Å². The van der Waals surface area contributed by atoms with Crippen molar-refractivity contribution in [3.05, 3.63) is 54.1 Å². The van der Waals surface area contributed by atoms with Crippen LogP contribution in [-0.4, -0.2) is 17.6 Å². The number of hydrogen-bond acceptors (Lipinski definition) is 4. The van der Waals surface area contributed by atoms with Crippen molar-refractivity contribution in [3.63, 3.8) is 0 Å². The number of nitrogens with one attached hydrogen (secondary N) is 2. The van der Waals surface area contributed by atoms with E-state index in [1.807, 2.05) is 49.4 Å². The monoisotopic (exact) mass is 308 g/mol. The summed E-state index contributed by atoms with van der Waals surface area (Å²) in [6.07, 6.45) is -0.210. The number of imidazole rings is 1. The van der Waals surface area contributed by atoms with Crippen LogP contribution in [0.15, 0.2) is 53.5 Å². The van der Waals surface area contributed by atoms with E-state index in [1.54, 1.807) is 0 Å². The third kappa shape index (κ3) is 2.28. The maximum Gasteiger partial charge on any atom is 0.365 e. The molecule has 2 aromatic carbocycles. The number of ether oxygens (including phenoxy) is 1. The van der Waals surface area contributed by atoms with Gasteiger partial charge >= 0.3 is 5.95 Å². The standard InChI is InChI=1S/C17H17N5O/c1-2-23-12-9-7-11(8-10-12)15-20-16(18)21-17-19-13-5-3-4-6-14(13)22(15)17/h3-10,15H,2H2,1H3,(H3,18,19,20,21)/p+1/t15-/m1/s1. The molecular weight excluding hydrogens is 290 g/mol. The molecule has 0 amide bonds. The van der Waals surface area contributed by atoms with Gasteiger partial charge in [0, 0.05) is 5.56 Å². The summed E-state index contributed by atoms with van der Waals surface area (Å²) in [4.78, 5) is 7.92. The number of aromatic nitrogens is 2. The van der Waals surface area contributed by atoms with E-state index in [9.17, 15) is 0 Å². The summed E-state index contributed by atoms with van der Waals surface area (Å²) >= 11 is 0. The molecule has 1 aliphatic heterocycles. The number of aromatic amines is 1. The van der Waals surface area contributed by atoms with Crippen LogP contribution in [-0.2, 0) is 0 Å². The van der Waals surface area contributed by atoms with Gasteiger partial charge in [0.1, 0.15) is 16.8 Å². The zero-order valence-corrected chi connectivity index (χ0v) is 12.8. The fourth-order valence-electron chi connectivity index (χ4n) is 2.91. The lowest BCUT2D eigenvalue weighted by Crippen LogP contribution is -2.48. The van der Waals surface area contributed by atoms with E-state index in [0.29, 0.717) is 12.6 Å². The van der Waals surface area contributed by atoms with Crippen LogP contribution in [0.25, 0.3) is 11.0 Å². The highest BCUT2D eigenvalue weighted by Gasteiger charge is 2.30. The Labute approximate surface area is 133 Å². The van der Waals surface area contributed by atoms with Gasteiger partial charge in [0.15, 0.2) is 0 Å². The third-order valence-corrected chi connectivity index (χ3v) is 3.90. The number of H-pyrrole nitrogens is 1. The molecule has 1 aromatic heterocycles. The van der Waals surface area contributed by atoms with Crippen molar-refractivity contribution in [1.82, 2.24) is 4.98 Å². The Kier molecular flexibility index (Phi) is 3.15. The van der Waals surface area contributed by atoms with Gasteiger partial charge in [0.2, 0.25) is 6.17 Å². The van der Waals surface area contributed by atoms with E-state index < -0.39 is 0 Å². The molecule has 4 N–H and O–H groups in total. The predicted octanol–water partition coefficient (Wildman–Crippen LogP) is 2.14. The average Bonchev–Trinajstić information content (AvgIpc) is 2.93. The molecule has 4 rings (SSSR count). The molecule has 3 aromatic rings. The topological polar surface area (TPSA) is 79.3 Å². The summed E-state index contributed by atoms with van der Waals surface area (Å²) in [5.41, 5.74) is 9.12. The van der Waals surface area contributed by atoms with E-state index >= 15 is 0 Å². The van der Waals surface area contributed by atoms with E-state index in [2.05, 4.69) is 25.9 Å². The number of aliphatic imine (C=N–C) groups is 1. The first kappa shape index (κ1) is 13.6. The minimum Gasteiger partial charge on any atom is -0.494 e. The molecule has 2 heterocycles. The Morgan fingerprint density at radius 2 is 1.96 bits per heavy atom. The average molecular weight is 308 g/mol. The van der Waals surface area contributed by atoms with Gasteiger partial charge in [-0.1, -0.05) is 12.1 Å². The zero-order chi connectivity index (χ0) is 15.8. The molecule has 23 heavy (non-hydrogen) atoms. The number of anilines is 1. The normalized spacial score (nSPS) is 16.6. The second kappa shape index (κ2) is 5.31. The molecule has 0 bridgehead atoms. The number of guanidine groups is 1. The van der Waals surface area contributed by atoms with Crippen molar-refractivity contribution < 1.29 is 9.30 Å². The van der Waals surface area contributed by atoms with Crippen LogP contribution in [0.2, 0.25) is 0 Å². The van der Waals surface area contributed by atoms with Gasteiger partial charge in [0.25, 0.3) is 5.96 Å². The Bertz CT molecular complexity index is 882. The fraction of sp³-hybridized carbons (Fsp3) is 0.176. The quantitative estimate of drug-likeness (QED) is 0.649. The van der Waals surface area contributed by atoms with Gasteiger partial charge in [-0.05, 0) is 43.3 Å². The highest BCUT2D eigenvalue weighted by molar-refractivity contribution is 5.92. The van der Waals surface area contributed by atoms with E-state index in [4.69, 9.17) is 10.5 Å². The van der Waals surface area contributed by atoms with Crippen molar-refractivity contribution >= 4 is 22.9 Å². The molecule has 0 unspecified atom stereocenters. The van der Waals surface area contributed by atoms with Gasteiger partial charge in [-0.2, -0.15) is 4.99 Å². The van der Waals surface area contributed by atoms with Gasteiger partial charge < -0.3 is 10.5 Å². The summed E-state index contributed by atoms with van der Waals surface area (Å²) in [6.45, 7) is 2.62. The SMILES string of the molecule is CCOc1ccc([C@@H]2N=C(N)Nc3[nH]c4ccccc4[n+]32)cc1. The summed E-state index contributed by atoms with van der Waals surface area (Å²) in [5.74, 6) is 2.08. The summed E-state index contributed by atoms with van der Waals surface area (Å²) in [7, 11) is 0. The Morgan fingerprint density at radius 1 is 1.17 bits per heavy atom. The molecule has 0 saturated heterocycles. The highest BCUT2D eigenvalue weighted by Crippen LogP contribution is 2.25. The Morgan fingerprint density at radius 3 is 2.74 bits per heavy atom. The number of para-hydroxylation sites is 2. The largest absolute Gasteiger partial charge is 0.494 e. The van der Waals surface area contributed by atoms with E-state index in [0.717, 1.165) is 28.3 Å². The van der Waals surface area contributed by atoms with Crippen LogP contribution >= 0.6 is 0 Å². The molecule has 1 atom stereocenters. The van der Waals surface area contributed by atoms with Crippen LogP contribution < -0.4 is 20.4 Å². The first-order valence-electron chi connectivity index (χ1n) is 7.61. The maximum absolute atomic E-state index is 5.96. The molecule has 0 radical (unpaired) electrons. The minimum absolute atomic E-state index is 0.210. The number of benzene rings is 2. The molecular formula is C17H18N5O+. The van der Waals surface area contributed by atoms with Crippen molar-refractivity contribution in [2.75, 3.05) is 11.9 Å². The number of fused-ring (bicyclic) bond motifs is 3. The second-order valence-electron chi connectivity index (χ2n) is 5.38. The smallest absolute Gasteiger partial charge is 0.365 e. The van der Waals surface area contributed by atoms with Crippen molar-refractivity contribution in [1.29, 1.82) is 0 Å². The van der Waals surface area contributed by atoms with Crippen LogP contribution in [0.5, 0.6) is 5.75 Å². The lowest BCUT2D eigenvalue weighted by molar-refractivity contribution is -0.674. The third-order valence-electron chi connectivity index (χ3n) is 3.90. The molecule has 0 aliphatic carbocycles. The van der Waals surface area contributed by atoms with E-state index in [1.165, 1.54) is 0 Å². The second-order valence-corrected chi connectivity index (χ2v) is 5.38. The fourth-order valence-corrected chi connectivity index (χ4v) is 2.91. The van der Waals surface area contributed by atoms with Crippen molar-refractivity contribution in [3.8, 4) is 5.75 Å². The van der Waals surface area contributed by atoms with Crippen LogP contribution in [0.1, 0.15) is 18.7 Å². The number of rotatable bonds is 3. The highest BCUT2D eigenvalue weighted by atomic mass is 16.5. The minimum atomic E-state index is -0.210. The molecule has 0 spiro atoms. The lowest BCUT2D eigenvalue weighted by Gasteiger charge is -2.18. The molecule has 6 heteroatoms. The zero-order valence-electron chi connectivity index (χ0n) is 12.8. The van der Waals surface area contributed by atoms with Crippen molar-refractivity contribution in [2.24, 2.45) is 10.7 Å². The predicted molar refractivity (Wildman–Crippen MR) is 89.5 cm³/mol. The maximum atomic E-state index is 5.96. The molecule has 0 fully saturated rings. The van der Waals surface area contributed by atoms with Crippen LogP contribution in [0.4, 0.5) is 5.95 Å². The van der Waals surface area contributed by atoms with E-state index in [-0.39, 0.29) is 6.17 Å².